The van der Waals surface area contributed by atoms with Crippen LogP contribution in [0.4, 0.5) is 0 Å². The summed E-state index contributed by atoms with van der Waals surface area (Å²) < 4.78 is 12.5. The average Bonchev–Trinajstić information content (AvgIpc) is 2.96. The molecule has 0 aromatic heterocycles. The van der Waals surface area contributed by atoms with Crippen LogP contribution in [0, 0.1) is 17.3 Å². The first-order valence-electron chi connectivity index (χ1n) is 8.53. The van der Waals surface area contributed by atoms with E-state index in [-0.39, 0.29) is 18.3 Å². The molecule has 1 aliphatic heterocycles. The third-order valence-corrected chi connectivity index (χ3v) is 6.82. The number of rotatable bonds is 2. The molecule has 2 nitrogen and oxygen atoms in total. The Bertz CT molecular complexity index is 364. The normalized spacial score (nSPS) is 42.5. The summed E-state index contributed by atoms with van der Waals surface area (Å²) in [5.74, 6) is 2.44. The zero-order chi connectivity index (χ0) is 14.8. The summed E-state index contributed by atoms with van der Waals surface area (Å²) in [6, 6.07) is 0. The molecule has 3 heteroatoms. The van der Waals surface area contributed by atoms with Crippen molar-refractivity contribution in [3.8, 4) is 0 Å². The van der Waals surface area contributed by atoms with Gasteiger partial charge in [0, 0.05) is 5.82 Å². The van der Waals surface area contributed by atoms with Crippen molar-refractivity contribution in [3.63, 3.8) is 0 Å². The van der Waals surface area contributed by atoms with Crippen molar-refractivity contribution in [1.29, 1.82) is 0 Å². The van der Waals surface area contributed by atoms with Gasteiger partial charge in [0.1, 0.15) is 0 Å². The second-order valence-corrected chi connectivity index (χ2v) is 8.88. The minimum Gasteiger partial charge on any atom is -0.403 e. The fourth-order valence-electron chi connectivity index (χ4n) is 4.27. The molecule has 0 radical (unpaired) electrons. The molecule has 0 aromatic carbocycles. The van der Waals surface area contributed by atoms with Crippen LogP contribution in [0.15, 0.2) is 0 Å². The lowest BCUT2D eigenvalue weighted by atomic mass is 9.68. The van der Waals surface area contributed by atoms with Crippen LogP contribution in [0.3, 0.4) is 0 Å². The van der Waals surface area contributed by atoms with E-state index in [0.717, 1.165) is 11.8 Å². The Morgan fingerprint density at radius 3 is 1.90 bits per heavy atom. The second kappa shape index (κ2) is 4.49. The van der Waals surface area contributed by atoms with E-state index in [1.165, 1.54) is 32.1 Å². The first kappa shape index (κ1) is 14.9. The highest BCUT2D eigenvalue weighted by molar-refractivity contribution is 6.49. The first-order valence-corrected chi connectivity index (χ1v) is 8.53. The van der Waals surface area contributed by atoms with Gasteiger partial charge in [-0.2, -0.15) is 0 Å². The lowest BCUT2D eigenvalue weighted by molar-refractivity contribution is 0.00578. The lowest BCUT2D eigenvalue weighted by Gasteiger charge is -2.32. The quantitative estimate of drug-likeness (QED) is 0.682. The largest absolute Gasteiger partial charge is 0.461 e. The van der Waals surface area contributed by atoms with E-state index in [0.29, 0.717) is 11.2 Å². The van der Waals surface area contributed by atoms with Crippen LogP contribution >= 0.6 is 0 Å². The zero-order valence-corrected chi connectivity index (χ0v) is 14.2. The summed E-state index contributed by atoms with van der Waals surface area (Å²) in [6.07, 6.45) is 6.94. The third kappa shape index (κ3) is 2.25. The van der Waals surface area contributed by atoms with Crippen molar-refractivity contribution in [2.75, 3.05) is 0 Å². The topological polar surface area (TPSA) is 18.5 Å². The van der Waals surface area contributed by atoms with Crippen molar-refractivity contribution >= 4 is 7.12 Å². The molecule has 3 rings (SSSR count). The highest BCUT2D eigenvalue weighted by Crippen LogP contribution is 2.69. The van der Waals surface area contributed by atoms with Crippen molar-refractivity contribution in [2.24, 2.45) is 17.3 Å². The molecule has 1 unspecified atom stereocenters. The minimum absolute atomic E-state index is 0.0376. The van der Waals surface area contributed by atoms with Gasteiger partial charge in [-0.05, 0) is 77.0 Å². The zero-order valence-electron chi connectivity index (χ0n) is 14.2. The molecule has 2 aliphatic carbocycles. The monoisotopic (exact) mass is 278 g/mol. The van der Waals surface area contributed by atoms with Gasteiger partial charge < -0.3 is 9.31 Å². The van der Waals surface area contributed by atoms with Gasteiger partial charge in [-0.25, -0.2) is 0 Å². The summed E-state index contributed by atoms with van der Waals surface area (Å²) in [6.45, 7) is 13.4. The molecule has 0 amide bonds. The predicted molar refractivity (Wildman–Crippen MR) is 83.7 cm³/mol. The fraction of sp³-hybridized carbons (Fsp3) is 1.00. The van der Waals surface area contributed by atoms with Gasteiger partial charge in [0.25, 0.3) is 0 Å². The Balaban J connectivity index is 1.61. The molecule has 1 saturated heterocycles. The number of hydrogen-bond acceptors (Lipinski definition) is 2. The highest BCUT2D eigenvalue weighted by atomic mass is 16.7. The van der Waals surface area contributed by atoms with Crippen molar-refractivity contribution < 1.29 is 9.31 Å². The average molecular weight is 278 g/mol. The highest BCUT2D eigenvalue weighted by Gasteiger charge is 2.66. The molecular formula is C17H31BO2. The standard InChI is InChI=1S/C17H31BO2/c1-12(2)13-7-9-17(10-8-13)11-14(17)18-19-15(3,4)16(5,6)20-18/h12-14H,7-11H2,1-6H3. The summed E-state index contributed by atoms with van der Waals surface area (Å²) in [5, 5.41) is 0. The molecule has 3 aliphatic rings. The molecule has 3 fully saturated rings. The molecule has 0 aromatic rings. The minimum atomic E-state index is -0.170. The van der Waals surface area contributed by atoms with Crippen LogP contribution in [0.5, 0.6) is 0 Å². The van der Waals surface area contributed by atoms with Crippen LogP contribution in [0.1, 0.15) is 73.6 Å². The van der Waals surface area contributed by atoms with Crippen molar-refractivity contribution in [1.82, 2.24) is 0 Å². The van der Waals surface area contributed by atoms with Crippen LogP contribution in [0.25, 0.3) is 0 Å². The van der Waals surface area contributed by atoms with Crippen LogP contribution in [-0.2, 0) is 9.31 Å². The molecule has 0 bridgehead atoms. The van der Waals surface area contributed by atoms with E-state index in [1.54, 1.807) is 0 Å². The molecule has 1 heterocycles. The maximum atomic E-state index is 6.27. The Morgan fingerprint density at radius 2 is 1.45 bits per heavy atom. The molecule has 0 N–H and O–H groups in total. The Morgan fingerprint density at radius 1 is 0.950 bits per heavy atom. The van der Waals surface area contributed by atoms with E-state index < -0.39 is 0 Å². The summed E-state index contributed by atoms with van der Waals surface area (Å²) in [7, 11) is 0.0376. The van der Waals surface area contributed by atoms with Crippen LogP contribution < -0.4 is 0 Å². The van der Waals surface area contributed by atoms with E-state index >= 15 is 0 Å². The molecule has 114 valence electrons. The van der Waals surface area contributed by atoms with E-state index in [1.807, 2.05) is 0 Å². The van der Waals surface area contributed by atoms with Crippen LogP contribution in [-0.4, -0.2) is 18.3 Å². The van der Waals surface area contributed by atoms with Crippen molar-refractivity contribution in [3.05, 3.63) is 0 Å². The van der Waals surface area contributed by atoms with Crippen molar-refractivity contribution in [2.45, 2.75) is 90.7 Å². The van der Waals surface area contributed by atoms with Gasteiger partial charge in [0.15, 0.2) is 0 Å². The van der Waals surface area contributed by atoms with E-state index in [9.17, 15) is 0 Å². The Hall–Kier alpha value is -0.0151. The smallest absolute Gasteiger partial charge is 0.403 e. The van der Waals surface area contributed by atoms with Gasteiger partial charge in [-0.1, -0.05) is 13.8 Å². The number of hydrogen-bond donors (Lipinski definition) is 0. The maximum Gasteiger partial charge on any atom is 0.461 e. The predicted octanol–water partition coefficient (Wildman–Crippen LogP) is 4.69. The summed E-state index contributed by atoms with van der Waals surface area (Å²) in [4.78, 5) is 0. The third-order valence-electron chi connectivity index (χ3n) is 6.82. The van der Waals surface area contributed by atoms with Gasteiger partial charge in [-0.15, -0.1) is 0 Å². The summed E-state index contributed by atoms with van der Waals surface area (Å²) in [5.41, 5.74) is 0.222. The molecule has 2 saturated carbocycles. The maximum absolute atomic E-state index is 6.27. The first-order chi connectivity index (χ1) is 9.17. The van der Waals surface area contributed by atoms with Gasteiger partial charge >= 0.3 is 7.12 Å². The lowest BCUT2D eigenvalue weighted by Crippen LogP contribution is -2.41. The van der Waals surface area contributed by atoms with E-state index in [4.69, 9.17) is 9.31 Å². The van der Waals surface area contributed by atoms with Gasteiger partial charge in [-0.3, -0.25) is 0 Å². The van der Waals surface area contributed by atoms with Gasteiger partial charge in [0.05, 0.1) is 11.2 Å². The molecule has 1 atom stereocenters. The van der Waals surface area contributed by atoms with Gasteiger partial charge in [0.2, 0.25) is 0 Å². The Labute approximate surface area is 125 Å². The Kier molecular flexibility index (Phi) is 3.35. The molecule has 20 heavy (non-hydrogen) atoms. The fourth-order valence-corrected chi connectivity index (χ4v) is 4.27. The molecule has 1 spiro atoms. The molecular weight excluding hydrogens is 247 g/mol. The van der Waals surface area contributed by atoms with Crippen LogP contribution in [0.2, 0.25) is 5.82 Å². The SMILES string of the molecule is CC(C)C1CCC2(CC1)CC2B1OC(C)(C)C(C)(C)O1. The summed E-state index contributed by atoms with van der Waals surface area (Å²) >= 11 is 0. The van der Waals surface area contributed by atoms with E-state index in [2.05, 4.69) is 41.5 Å². The second-order valence-electron chi connectivity index (χ2n) is 8.88.